The van der Waals surface area contributed by atoms with Crippen LogP contribution in [0.1, 0.15) is 5.56 Å². The molecule has 0 saturated carbocycles. The third-order valence-corrected chi connectivity index (χ3v) is 5.57. The minimum Gasteiger partial charge on any atom is -0.468 e. The lowest BCUT2D eigenvalue weighted by Crippen LogP contribution is -2.42. The van der Waals surface area contributed by atoms with Crippen molar-refractivity contribution in [1.29, 1.82) is 0 Å². The van der Waals surface area contributed by atoms with Crippen molar-refractivity contribution in [3.8, 4) is 0 Å². The van der Waals surface area contributed by atoms with Gasteiger partial charge in [0.1, 0.15) is 6.04 Å². The number of esters is 1. The summed E-state index contributed by atoms with van der Waals surface area (Å²) >= 11 is 0. The van der Waals surface area contributed by atoms with Crippen molar-refractivity contribution in [2.45, 2.75) is 17.4 Å². The monoisotopic (exact) mass is 369 g/mol. The molecule has 0 aromatic heterocycles. The molecule has 1 N–H and O–H groups in total. The Morgan fingerprint density at radius 2 is 1.62 bits per heavy atom. The molecule has 0 fully saturated rings. The molecule has 0 aliphatic carbocycles. The molecule has 6 heteroatoms. The van der Waals surface area contributed by atoms with E-state index in [1.54, 1.807) is 12.1 Å². The Labute approximate surface area is 152 Å². The molecule has 1 atom stereocenters. The van der Waals surface area contributed by atoms with Crippen LogP contribution in [0.4, 0.5) is 0 Å². The van der Waals surface area contributed by atoms with E-state index < -0.39 is 22.0 Å². The largest absolute Gasteiger partial charge is 0.468 e. The summed E-state index contributed by atoms with van der Waals surface area (Å²) in [5.74, 6) is -0.627. The van der Waals surface area contributed by atoms with Crippen LogP contribution in [0.5, 0.6) is 0 Å². The molecular formula is C20H19NO4S. The van der Waals surface area contributed by atoms with Crippen LogP contribution in [0, 0.1) is 0 Å². The number of carbonyl (C=O) groups is 1. The fourth-order valence-corrected chi connectivity index (χ4v) is 3.97. The molecule has 0 aliphatic heterocycles. The summed E-state index contributed by atoms with van der Waals surface area (Å²) in [5, 5.41) is 1.76. The number of ether oxygens (including phenoxy) is 1. The van der Waals surface area contributed by atoms with Crippen molar-refractivity contribution in [3.05, 3.63) is 78.4 Å². The Hall–Kier alpha value is -2.70. The molecule has 3 aromatic rings. The standard InChI is InChI=1S/C20H19NO4S/c1-25-20(22)19(13-15-7-3-2-4-8-15)21-26(23,24)18-12-11-16-9-5-6-10-17(16)14-18/h2-12,14,19,21H,13H2,1H3. The summed E-state index contributed by atoms with van der Waals surface area (Å²) in [5.41, 5.74) is 0.837. The third kappa shape index (κ3) is 4.09. The molecule has 0 spiro atoms. The minimum absolute atomic E-state index is 0.109. The van der Waals surface area contributed by atoms with Gasteiger partial charge in [0.15, 0.2) is 0 Å². The van der Waals surface area contributed by atoms with Gasteiger partial charge in [0.05, 0.1) is 12.0 Å². The first-order chi connectivity index (χ1) is 12.5. The number of methoxy groups -OCH3 is 1. The lowest BCUT2D eigenvalue weighted by molar-refractivity contribution is -0.142. The van der Waals surface area contributed by atoms with Gasteiger partial charge >= 0.3 is 5.97 Å². The van der Waals surface area contributed by atoms with Gasteiger partial charge in [0.2, 0.25) is 10.0 Å². The molecule has 0 radical (unpaired) electrons. The summed E-state index contributed by atoms with van der Waals surface area (Å²) < 4.78 is 32.8. The molecule has 1 unspecified atom stereocenters. The molecule has 5 nitrogen and oxygen atoms in total. The molecule has 3 rings (SSSR count). The van der Waals surface area contributed by atoms with Crippen LogP contribution in [-0.2, 0) is 26.0 Å². The van der Waals surface area contributed by atoms with Crippen LogP contribution >= 0.6 is 0 Å². The van der Waals surface area contributed by atoms with E-state index in [0.29, 0.717) is 0 Å². The maximum absolute atomic E-state index is 12.8. The van der Waals surface area contributed by atoms with E-state index in [1.807, 2.05) is 54.6 Å². The molecule has 0 heterocycles. The minimum atomic E-state index is -3.88. The van der Waals surface area contributed by atoms with Gasteiger partial charge in [-0.1, -0.05) is 60.7 Å². The molecule has 0 aliphatic rings. The van der Waals surface area contributed by atoms with Crippen LogP contribution < -0.4 is 4.72 Å². The van der Waals surface area contributed by atoms with Crippen LogP contribution in [-0.4, -0.2) is 27.5 Å². The SMILES string of the molecule is COC(=O)C(Cc1ccccc1)NS(=O)(=O)c1ccc2ccccc2c1. The van der Waals surface area contributed by atoms with Gasteiger partial charge in [0, 0.05) is 0 Å². The van der Waals surface area contributed by atoms with Crippen molar-refractivity contribution in [2.75, 3.05) is 7.11 Å². The summed E-state index contributed by atoms with van der Waals surface area (Å²) in [7, 11) is -2.64. The number of fused-ring (bicyclic) bond motifs is 1. The molecule has 0 amide bonds. The molecule has 3 aromatic carbocycles. The first-order valence-corrected chi connectivity index (χ1v) is 9.61. The van der Waals surface area contributed by atoms with Crippen molar-refractivity contribution >= 4 is 26.8 Å². The highest BCUT2D eigenvalue weighted by atomic mass is 32.2. The Kier molecular flexibility index (Phi) is 5.35. The smallest absolute Gasteiger partial charge is 0.324 e. The van der Waals surface area contributed by atoms with E-state index in [9.17, 15) is 13.2 Å². The number of benzene rings is 3. The summed E-state index contributed by atoms with van der Waals surface area (Å²) in [6, 6.07) is 20.5. The number of hydrogen-bond acceptors (Lipinski definition) is 4. The number of rotatable bonds is 6. The first-order valence-electron chi connectivity index (χ1n) is 8.12. The van der Waals surface area contributed by atoms with Gasteiger partial charge in [-0.2, -0.15) is 4.72 Å². The van der Waals surface area contributed by atoms with Gasteiger partial charge < -0.3 is 4.74 Å². The summed E-state index contributed by atoms with van der Waals surface area (Å²) in [4.78, 5) is 12.2. The lowest BCUT2D eigenvalue weighted by atomic mass is 10.1. The zero-order valence-electron chi connectivity index (χ0n) is 14.3. The van der Waals surface area contributed by atoms with Gasteiger partial charge in [-0.3, -0.25) is 4.79 Å². The maximum atomic E-state index is 12.8. The zero-order chi connectivity index (χ0) is 18.6. The van der Waals surface area contributed by atoms with Gasteiger partial charge in [0.25, 0.3) is 0 Å². The average molecular weight is 369 g/mol. The zero-order valence-corrected chi connectivity index (χ0v) is 15.1. The molecule has 26 heavy (non-hydrogen) atoms. The van der Waals surface area contributed by atoms with Gasteiger partial charge in [-0.25, -0.2) is 8.42 Å². The van der Waals surface area contributed by atoms with Gasteiger partial charge in [-0.05, 0) is 34.9 Å². The highest BCUT2D eigenvalue weighted by molar-refractivity contribution is 7.89. The second-order valence-electron chi connectivity index (χ2n) is 5.90. The van der Waals surface area contributed by atoms with E-state index >= 15 is 0 Å². The molecule has 0 saturated heterocycles. The fraction of sp³-hybridized carbons (Fsp3) is 0.150. The van der Waals surface area contributed by atoms with Crippen molar-refractivity contribution < 1.29 is 17.9 Å². The number of carbonyl (C=O) groups excluding carboxylic acids is 1. The molecule has 134 valence electrons. The Balaban J connectivity index is 1.89. The summed E-state index contributed by atoms with van der Waals surface area (Å²) in [6.07, 6.45) is 0.209. The van der Waals surface area contributed by atoms with Gasteiger partial charge in [-0.15, -0.1) is 0 Å². The Morgan fingerprint density at radius 1 is 0.962 bits per heavy atom. The van der Waals surface area contributed by atoms with E-state index in [1.165, 1.54) is 13.2 Å². The average Bonchev–Trinajstić information content (AvgIpc) is 2.67. The predicted molar refractivity (Wildman–Crippen MR) is 100 cm³/mol. The normalized spacial score (nSPS) is 12.7. The Morgan fingerprint density at radius 3 is 2.31 bits per heavy atom. The number of hydrogen-bond donors (Lipinski definition) is 1. The second-order valence-corrected chi connectivity index (χ2v) is 7.61. The highest BCUT2D eigenvalue weighted by Gasteiger charge is 2.26. The van der Waals surface area contributed by atoms with Crippen LogP contribution in [0.2, 0.25) is 0 Å². The van der Waals surface area contributed by atoms with Crippen LogP contribution in [0.3, 0.4) is 0 Å². The Bertz CT molecular complexity index is 1020. The fourth-order valence-electron chi connectivity index (χ4n) is 2.76. The second kappa shape index (κ2) is 7.68. The van der Waals surface area contributed by atoms with E-state index in [-0.39, 0.29) is 11.3 Å². The van der Waals surface area contributed by atoms with Crippen LogP contribution in [0.25, 0.3) is 10.8 Å². The third-order valence-electron chi connectivity index (χ3n) is 4.10. The van der Waals surface area contributed by atoms with E-state index in [4.69, 9.17) is 4.74 Å². The first kappa shape index (κ1) is 18.1. The number of sulfonamides is 1. The van der Waals surface area contributed by atoms with Crippen LogP contribution in [0.15, 0.2) is 77.7 Å². The quantitative estimate of drug-likeness (QED) is 0.678. The maximum Gasteiger partial charge on any atom is 0.324 e. The lowest BCUT2D eigenvalue weighted by Gasteiger charge is -2.17. The van der Waals surface area contributed by atoms with E-state index in [2.05, 4.69) is 4.72 Å². The highest BCUT2D eigenvalue weighted by Crippen LogP contribution is 2.19. The van der Waals surface area contributed by atoms with Crippen molar-refractivity contribution in [2.24, 2.45) is 0 Å². The molecule has 0 bridgehead atoms. The predicted octanol–water partition coefficient (Wildman–Crippen LogP) is 2.90. The van der Waals surface area contributed by atoms with Crippen molar-refractivity contribution in [3.63, 3.8) is 0 Å². The topological polar surface area (TPSA) is 72.5 Å². The molecular weight excluding hydrogens is 350 g/mol. The van der Waals surface area contributed by atoms with E-state index in [0.717, 1.165) is 16.3 Å². The van der Waals surface area contributed by atoms with Crippen molar-refractivity contribution in [1.82, 2.24) is 4.72 Å². The summed E-state index contributed by atoms with van der Waals surface area (Å²) in [6.45, 7) is 0. The number of nitrogens with one attached hydrogen (secondary N) is 1.